The molecular weight excluding hydrogens is 294 g/mol. The third-order valence-electron chi connectivity index (χ3n) is 2.92. The lowest BCUT2D eigenvalue weighted by Crippen LogP contribution is -1.94. The van der Waals surface area contributed by atoms with Gasteiger partial charge in [-0.05, 0) is 24.3 Å². The summed E-state index contributed by atoms with van der Waals surface area (Å²) in [6.07, 6.45) is 1.72. The van der Waals surface area contributed by atoms with Crippen molar-refractivity contribution in [1.82, 2.24) is 10.2 Å². The number of benzene rings is 2. The fraction of sp³-hybridized carbons (Fsp3) is 0.0588. The highest BCUT2D eigenvalue weighted by molar-refractivity contribution is 7.18. The smallest absolute Gasteiger partial charge is 0.210 e. The van der Waals surface area contributed by atoms with Crippen LogP contribution in [-0.4, -0.2) is 16.8 Å². The van der Waals surface area contributed by atoms with Crippen molar-refractivity contribution in [1.29, 1.82) is 0 Å². The predicted octanol–water partition coefficient (Wildman–Crippen LogP) is 4.51. The Morgan fingerprint density at radius 3 is 2.64 bits per heavy atom. The van der Waals surface area contributed by atoms with E-state index in [2.05, 4.69) is 22.1 Å². The van der Waals surface area contributed by atoms with Crippen LogP contribution in [0.4, 0.5) is 10.8 Å². The SMILES string of the molecule is C=CCOc1ccccc1-c1nnc(Nc2ccccc2)s1. The number of nitrogens with zero attached hydrogens (tertiary/aromatic N) is 2. The van der Waals surface area contributed by atoms with Gasteiger partial charge in [0, 0.05) is 5.69 Å². The van der Waals surface area contributed by atoms with Crippen LogP contribution >= 0.6 is 11.3 Å². The van der Waals surface area contributed by atoms with Crippen molar-refractivity contribution in [2.24, 2.45) is 0 Å². The van der Waals surface area contributed by atoms with Gasteiger partial charge in [-0.25, -0.2) is 0 Å². The second kappa shape index (κ2) is 6.87. The minimum absolute atomic E-state index is 0.463. The van der Waals surface area contributed by atoms with Gasteiger partial charge in [0.05, 0.1) is 5.56 Å². The molecule has 0 spiro atoms. The van der Waals surface area contributed by atoms with Crippen LogP contribution in [0.25, 0.3) is 10.6 Å². The summed E-state index contributed by atoms with van der Waals surface area (Å²) in [6.45, 7) is 4.13. The molecule has 2 aromatic carbocycles. The minimum Gasteiger partial charge on any atom is -0.489 e. The fourth-order valence-corrected chi connectivity index (χ4v) is 2.74. The molecular formula is C17H15N3OS. The van der Waals surface area contributed by atoms with E-state index < -0.39 is 0 Å². The number of rotatable bonds is 6. The summed E-state index contributed by atoms with van der Waals surface area (Å²) in [7, 11) is 0. The molecule has 1 aromatic heterocycles. The van der Waals surface area contributed by atoms with E-state index in [1.807, 2.05) is 54.6 Å². The molecule has 0 fully saturated rings. The van der Waals surface area contributed by atoms with Gasteiger partial charge in [-0.3, -0.25) is 0 Å². The van der Waals surface area contributed by atoms with Crippen molar-refractivity contribution < 1.29 is 4.74 Å². The molecule has 0 aliphatic carbocycles. The molecule has 5 heteroatoms. The van der Waals surface area contributed by atoms with Gasteiger partial charge in [0.25, 0.3) is 0 Å². The molecule has 1 N–H and O–H groups in total. The van der Waals surface area contributed by atoms with Gasteiger partial charge in [0.2, 0.25) is 5.13 Å². The first kappa shape index (κ1) is 14.3. The number of aromatic nitrogens is 2. The van der Waals surface area contributed by atoms with Crippen LogP contribution in [0.15, 0.2) is 67.3 Å². The highest BCUT2D eigenvalue weighted by Crippen LogP contribution is 2.34. The first-order chi connectivity index (χ1) is 10.9. The molecule has 0 bridgehead atoms. The molecule has 0 unspecified atom stereocenters. The average molecular weight is 309 g/mol. The Kier molecular flexibility index (Phi) is 4.46. The first-order valence-electron chi connectivity index (χ1n) is 6.85. The standard InChI is InChI=1S/C17H15N3OS/c1-2-12-21-15-11-7-6-10-14(15)16-19-20-17(22-16)18-13-8-4-3-5-9-13/h2-11H,1,12H2,(H,18,20). The molecule has 3 rings (SSSR count). The molecule has 1 heterocycles. The summed E-state index contributed by atoms with van der Waals surface area (Å²) in [5.74, 6) is 0.782. The normalized spacial score (nSPS) is 10.2. The largest absolute Gasteiger partial charge is 0.489 e. The summed E-state index contributed by atoms with van der Waals surface area (Å²) >= 11 is 1.49. The molecule has 0 atom stereocenters. The summed E-state index contributed by atoms with van der Waals surface area (Å²) < 4.78 is 5.67. The Morgan fingerprint density at radius 1 is 1.05 bits per heavy atom. The van der Waals surface area contributed by atoms with E-state index in [1.54, 1.807) is 6.08 Å². The Hall–Kier alpha value is -2.66. The van der Waals surface area contributed by atoms with E-state index in [0.29, 0.717) is 6.61 Å². The quantitative estimate of drug-likeness (QED) is 0.680. The van der Waals surface area contributed by atoms with Gasteiger partial charge in [-0.1, -0.05) is 54.3 Å². The lowest BCUT2D eigenvalue weighted by Gasteiger charge is -2.06. The zero-order chi connectivity index (χ0) is 15.2. The summed E-state index contributed by atoms with van der Waals surface area (Å²) in [5, 5.41) is 13.3. The number of nitrogens with one attached hydrogen (secondary N) is 1. The van der Waals surface area contributed by atoms with Gasteiger partial charge < -0.3 is 10.1 Å². The third kappa shape index (κ3) is 3.32. The number of anilines is 2. The van der Waals surface area contributed by atoms with E-state index >= 15 is 0 Å². The maximum atomic E-state index is 5.67. The molecule has 4 nitrogen and oxygen atoms in total. The molecule has 0 amide bonds. The molecule has 0 radical (unpaired) electrons. The highest BCUT2D eigenvalue weighted by Gasteiger charge is 2.11. The first-order valence-corrected chi connectivity index (χ1v) is 7.67. The molecule has 0 aliphatic rings. The Labute approximate surface area is 133 Å². The lowest BCUT2D eigenvalue weighted by molar-refractivity contribution is 0.364. The maximum absolute atomic E-state index is 5.67. The molecule has 110 valence electrons. The van der Waals surface area contributed by atoms with Crippen molar-refractivity contribution >= 4 is 22.2 Å². The number of ether oxygens (including phenoxy) is 1. The fourth-order valence-electron chi connectivity index (χ4n) is 1.95. The Balaban J connectivity index is 1.83. The lowest BCUT2D eigenvalue weighted by atomic mass is 10.2. The topological polar surface area (TPSA) is 47.0 Å². The van der Waals surface area contributed by atoms with Crippen LogP contribution < -0.4 is 10.1 Å². The van der Waals surface area contributed by atoms with Gasteiger partial charge in [0.15, 0.2) is 5.01 Å². The van der Waals surface area contributed by atoms with Gasteiger partial charge in [0.1, 0.15) is 12.4 Å². The van der Waals surface area contributed by atoms with Crippen molar-refractivity contribution in [3.8, 4) is 16.3 Å². The zero-order valence-corrected chi connectivity index (χ0v) is 12.7. The Morgan fingerprint density at radius 2 is 1.82 bits per heavy atom. The highest BCUT2D eigenvalue weighted by atomic mass is 32.1. The number of para-hydroxylation sites is 2. The van der Waals surface area contributed by atoms with Crippen LogP contribution in [0.1, 0.15) is 0 Å². The molecule has 0 saturated heterocycles. The molecule has 0 saturated carbocycles. The van der Waals surface area contributed by atoms with E-state index in [1.165, 1.54) is 11.3 Å². The second-order valence-electron chi connectivity index (χ2n) is 4.50. The van der Waals surface area contributed by atoms with Crippen molar-refractivity contribution in [2.75, 3.05) is 11.9 Å². The summed E-state index contributed by atoms with van der Waals surface area (Å²) in [4.78, 5) is 0. The van der Waals surface area contributed by atoms with Gasteiger partial charge >= 0.3 is 0 Å². The van der Waals surface area contributed by atoms with Crippen LogP contribution in [0, 0.1) is 0 Å². The van der Waals surface area contributed by atoms with E-state index in [9.17, 15) is 0 Å². The van der Waals surface area contributed by atoms with Gasteiger partial charge in [-0.2, -0.15) is 0 Å². The van der Waals surface area contributed by atoms with Crippen LogP contribution in [-0.2, 0) is 0 Å². The zero-order valence-electron chi connectivity index (χ0n) is 11.9. The number of hydrogen-bond acceptors (Lipinski definition) is 5. The van der Waals surface area contributed by atoms with Crippen LogP contribution in [0.5, 0.6) is 5.75 Å². The second-order valence-corrected chi connectivity index (χ2v) is 5.48. The summed E-state index contributed by atoms with van der Waals surface area (Å²) in [6, 6.07) is 17.7. The minimum atomic E-state index is 0.463. The monoisotopic (exact) mass is 309 g/mol. The molecule has 3 aromatic rings. The maximum Gasteiger partial charge on any atom is 0.210 e. The van der Waals surface area contributed by atoms with Crippen molar-refractivity contribution in [2.45, 2.75) is 0 Å². The molecule has 22 heavy (non-hydrogen) atoms. The predicted molar refractivity (Wildman–Crippen MR) is 90.8 cm³/mol. The van der Waals surface area contributed by atoms with Crippen LogP contribution in [0.3, 0.4) is 0 Å². The summed E-state index contributed by atoms with van der Waals surface area (Å²) in [5.41, 5.74) is 1.92. The Bertz CT molecular complexity index is 755. The van der Waals surface area contributed by atoms with Gasteiger partial charge in [-0.15, -0.1) is 10.2 Å². The third-order valence-corrected chi connectivity index (χ3v) is 3.80. The van der Waals surface area contributed by atoms with E-state index in [0.717, 1.165) is 27.1 Å². The van der Waals surface area contributed by atoms with E-state index in [-0.39, 0.29) is 0 Å². The van der Waals surface area contributed by atoms with Crippen molar-refractivity contribution in [3.63, 3.8) is 0 Å². The average Bonchev–Trinajstić information content (AvgIpc) is 3.02. The van der Waals surface area contributed by atoms with Crippen LogP contribution in [0.2, 0.25) is 0 Å². The molecule has 0 aliphatic heterocycles. The van der Waals surface area contributed by atoms with E-state index in [4.69, 9.17) is 4.74 Å². The number of hydrogen-bond donors (Lipinski definition) is 1. The van der Waals surface area contributed by atoms with Crippen molar-refractivity contribution in [3.05, 3.63) is 67.3 Å².